The Balaban J connectivity index is 0.000000173. The molecule has 17 rings (SSSR count). The molecule has 0 saturated carbocycles. The first-order valence-corrected chi connectivity index (χ1v) is 59.8. The number of anilines is 4. The second kappa shape index (κ2) is 51.3. The van der Waals surface area contributed by atoms with Gasteiger partial charge in [0.1, 0.15) is 23.0 Å². The number of aliphatic hydroxyl groups is 1. The maximum atomic E-state index is 13.9. The molecule has 8 heterocycles. The highest BCUT2D eigenvalue weighted by Crippen LogP contribution is 2.47. The summed E-state index contributed by atoms with van der Waals surface area (Å²) in [7, 11) is -14.0. The zero-order valence-corrected chi connectivity index (χ0v) is 95.1. The summed E-state index contributed by atoms with van der Waals surface area (Å²) in [4.78, 5) is 35.5. The number of hydrogen-bond acceptors (Lipinski definition) is 24. The Hall–Kier alpha value is -9.81. The molecule has 8 aliphatic rings. The number of fused-ring (bicyclic) bond motifs is 4. The lowest BCUT2D eigenvalue weighted by molar-refractivity contribution is 0.0494. The predicted octanol–water partition coefficient (Wildman–Crippen LogP) is 23.2. The number of Topliss-reactive ketones (excluding diaryl/α,β-unsaturated/α-hetero) is 3. The number of carbonyl (C=O) groups excluding carboxylic acids is 3. The van der Waals surface area contributed by atoms with Crippen LogP contribution in [-0.2, 0) is 105 Å². The number of hydrogen-bond donors (Lipinski definition) is 4. The van der Waals surface area contributed by atoms with Crippen molar-refractivity contribution in [1.82, 2.24) is 0 Å². The fraction of sp³-hybridized carbons (Fsp3) is 0.509. The maximum absolute atomic E-state index is 13.9. The van der Waals surface area contributed by atoms with Crippen LogP contribution in [-0.4, -0.2) is 174 Å². The summed E-state index contributed by atoms with van der Waals surface area (Å²) in [6.45, 7) is 49.8. The summed E-state index contributed by atoms with van der Waals surface area (Å²) in [6.07, 6.45) is 11.6. The molecule has 33 heteroatoms. The number of ether oxygens (including phenoxy) is 6. The number of carbonyl (C=O) groups is 3. The van der Waals surface area contributed by atoms with Crippen LogP contribution in [0, 0.1) is 46.3 Å². The standard InChI is InChI=1S/C28H37NO5S.C27H37NO5S.C22H27NO4S.C14H21N.C13H18O4S.C8H7ClO4S.C4H8O/c1-19(2)22-6-8-26-23(14-22)16-28(4,5)18-29(26)35(31,32)24-7-9-27(25(15-24)20(3)30)34-17-21-10-12-33-13-11-21;1-19(2)21-5-7-25-22(13-21)15-27(3,4)18-28(25)34(30,31)24-6-8-26(23(14-24)16-29)33-17-20-9-11-32-12-10-20;1-14(2)16-6-8-20-17(10-16)12-22(4,5)13-23(20)28(26,27)18-7-9-21(25)19(11-18)15(3)24;1-10(2)11-5-6-13-12(7-11)8-14(3,4)9-15-13;1-11-2-4-13(5-3-11)18(14,15)17-10-12-6-8-16-9-7-12;1-5(10)7-4-6(14(9,12)13)2-3-8(7)11;1-2-4-5-3-1/h6-9,14-15,19,21H,10-13,16-18H2,1-5H3;5-8,13-14,19-20,29H,9-12,15-18H2,1-4H3;6-11,14,25H,12-13H2,1-5H3;5-7,10,15H,8-9H2,1-4H3;2-5,12H,6-10H2,1H3;2-4,11H,1H3;1-4H2. The first kappa shape index (κ1) is 119. The quantitative estimate of drug-likeness (QED) is 0.0234. The lowest BCUT2D eigenvalue weighted by atomic mass is 9.81. The SMILES string of the molecule is C1CCOC1.CC(=O)c1cc(S(=O)(=O)Cl)ccc1O.CC(=O)c1cc(S(=O)(=O)N2CC(C)(C)Cc3cc(C(C)C)ccc32)ccc1O.CC(=O)c1cc(S(=O)(=O)N2CC(C)(C)Cc3cc(C(C)C)ccc32)ccc1OCC1CCOCC1.CC(C)c1ccc2c(c1)CC(C)(C)CN2.CC(C)c1ccc2c(c1)CC(C)(C)CN2S(=O)(=O)c1ccc(OCC2CCOCC2)c(CO)c1.Cc1ccc(S(=O)(=O)OCC2CCOCC2)cc1. The number of aliphatic hydroxyl groups excluding tert-OH is 1. The zero-order chi connectivity index (χ0) is 109. The van der Waals surface area contributed by atoms with Crippen molar-refractivity contribution in [3.05, 3.63) is 242 Å². The van der Waals surface area contributed by atoms with E-state index in [1.54, 1.807) is 54.6 Å². The van der Waals surface area contributed by atoms with Gasteiger partial charge in [-0.3, -0.25) is 31.5 Å². The minimum Gasteiger partial charge on any atom is -0.507 e. The number of phenols is 2. The van der Waals surface area contributed by atoms with Gasteiger partial charge in [-0.2, -0.15) is 8.42 Å². The van der Waals surface area contributed by atoms with Gasteiger partial charge < -0.3 is 49.1 Å². The van der Waals surface area contributed by atoms with Gasteiger partial charge in [0, 0.05) is 101 Å². The normalized spacial score (nSPS) is 17.5. The zero-order valence-electron chi connectivity index (χ0n) is 90.3. The Morgan fingerprint density at radius 1 is 0.389 bits per heavy atom. The molecule has 0 unspecified atom stereocenters. The molecule has 0 bridgehead atoms. The smallest absolute Gasteiger partial charge is 0.296 e. The van der Waals surface area contributed by atoms with Crippen LogP contribution in [0.2, 0.25) is 0 Å². The van der Waals surface area contributed by atoms with Crippen molar-refractivity contribution < 1.29 is 104 Å². The fourth-order valence-electron chi connectivity index (χ4n) is 19.0. The monoisotopic (exact) mass is 2170 g/mol. The first-order valence-electron chi connectivity index (χ1n) is 51.8. The number of benzene rings is 9. The van der Waals surface area contributed by atoms with E-state index in [2.05, 4.69) is 152 Å². The van der Waals surface area contributed by atoms with Gasteiger partial charge in [-0.15, -0.1) is 0 Å². The van der Waals surface area contributed by atoms with E-state index in [0.717, 1.165) is 156 Å². The predicted molar refractivity (Wildman–Crippen MR) is 588 cm³/mol. The lowest BCUT2D eigenvalue weighted by Crippen LogP contribution is -2.44. The second-order valence-electron chi connectivity index (χ2n) is 44.7. The second-order valence-corrected chi connectivity index (χ2v) is 54.4. The topological polar surface area (TPSA) is 369 Å². The summed E-state index contributed by atoms with van der Waals surface area (Å²) in [5.74, 6) is 2.25. The molecular formula is C116H155ClN4O23S5. The maximum Gasteiger partial charge on any atom is 0.296 e. The number of ketones is 3. The summed E-state index contributed by atoms with van der Waals surface area (Å²) >= 11 is 0. The van der Waals surface area contributed by atoms with Gasteiger partial charge in [-0.25, -0.2) is 33.7 Å². The summed E-state index contributed by atoms with van der Waals surface area (Å²) in [6, 6.07) is 48.3. The van der Waals surface area contributed by atoms with Crippen LogP contribution in [0.25, 0.3) is 0 Å². The van der Waals surface area contributed by atoms with Crippen molar-refractivity contribution in [2.24, 2.45) is 39.4 Å². The Morgan fingerprint density at radius 3 is 1.08 bits per heavy atom. The molecule has 4 fully saturated rings. The molecule has 0 atom stereocenters. The van der Waals surface area contributed by atoms with Crippen LogP contribution in [0.4, 0.5) is 22.7 Å². The molecule has 0 amide bonds. The van der Waals surface area contributed by atoms with Crippen LogP contribution >= 0.6 is 10.7 Å². The number of aryl methyl sites for hydroxylation is 1. The molecule has 4 N–H and O–H groups in total. The van der Waals surface area contributed by atoms with E-state index in [4.69, 9.17) is 43.3 Å². The highest BCUT2D eigenvalue weighted by Gasteiger charge is 2.43. The molecular weight excluding hydrogens is 2010 g/mol. The molecule has 0 aromatic heterocycles. The molecule has 0 aliphatic carbocycles. The number of nitrogens with zero attached hydrogens (tertiary/aromatic N) is 3. The van der Waals surface area contributed by atoms with Crippen LogP contribution in [0.15, 0.2) is 194 Å². The van der Waals surface area contributed by atoms with Crippen LogP contribution < -0.4 is 27.7 Å². The number of rotatable bonds is 25. The fourth-order valence-corrected chi connectivity index (χ4v) is 25.9. The van der Waals surface area contributed by atoms with Crippen LogP contribution in [0.5, 0.6) is 23.0 Å². The highest BCUT2D eigenvalue weighted by atomic mass is 35.7. The summed E-state index contributed by atoms with van der Waals surface area (Å²) < 4.78 is 171. The van der Waals surface area contributed by atoms with Crippen molar-refractivity contribution in [3.8, 4) is 23.0 Å². The van der Waals surface area contributed by atoms with Gasteiger partial charge in [0.25, 0.3) is 49.2 Å². The molecule has 4 saturated heterocycles. The Morgan fingerprint density at radius 2 is 0.711 bits per heavy atom. The molecule has 9 aromatic rings. The van der Waals surface area contributed by atoms with E-state index in [1.165, 1.54) is 111 Å². The number of phenolic OH excluding ortho intramolecular Hbond substituents is 2. The number of halogens is 1. The van der Waals surface area contributed by atoms with E-state index in [1.807, 2.05) is 43.3 Å². The van der Waals surface area contributed by atoms with E-state index >= 15 is 0 Å². The average molecular weight is 2170 g/mol. The van der Waals surface area contributed by atoms with Crippen molar-refractivity contribution >= 4 is 100 Å². The third-order valence-corrected chi connectivity index (χ3v) is 35.8. The van der Waals surface area contributed by atoms with Gasteiger partial charge in [0.15, 0.2) is 17.3 Å². The van der Waals surface area contributed by atoms with E-state index < -0.39 is 55.0 Å². The van der Waals surface area contributed by atoms with Gasteiger partial charge >= 0.3 is 0 Å². The van der Waals surface area contributed by atoms with Gasteiger partial charge in [0.2, 0.25) is 0 Å². The number of nitrogens with one attached hydrogen (secondary N) is 1. The van der Waals surface area contributed by atoms with E-state index in [0.29, 0.717) is 115 Å². The molecule has 9 aromatic carbocycles. The van der Waals surface area contributed by atoms with Crippen molar-refractivity contribution in [2.75, 3.05) is 117 Å². The van der Waals surface area contributed by atoms with Crippen molar-refractivity contribution in [2.45, 2.75) is 270 Å². The Labute approximate surface area is 890 Å². The molecule has 149 heavy (non-hydrogen) atoms. The van der Waals surface area contributed by atoms with E-state index in [9.17, 15) is 71.8 Å². The molecule has 0 spiro atoms. The van der Waals surface area contributed by atoms with Crippen molar-refractivity contribution in [1.29, 1.82) is 0 Å². The first-order chi connectivity index (χ1) is 69.9. The van der Waals surface area contributed by atoms with Gasteiger partial charge in [0.05, 0.1) is 84.7 Å². The lowest BCUT2D eigenvalue weighted by Gasteiger charge is -2.40. The van der Waals surface area contributed by atoms with E-state index in [-0.39, 0.29) is 94.0 Å². The molecule has 814 valence electrons. The molecule has 0 radical (unpaired) electrons. The summed E-state index contributed by atoms with van der Waals surface area (Å²) in [5.41, 5.74) is 14.6. The molecule has 27 nitrogen and oxygen atoms in total. The summed E-state index contributed by atoms with van der Waals surface area (Å²) in [5, 5.41) is 32.6. The minimum absolute atomic E-state index is 0.00656. The van der Waals surface area contributed by atoms with Crippen LogP contribution in [0.3, 0.4) is 0 Å². The van der Waals surface area contributed by atoms with Crippen molar-refractivity contribution in [3.63, 3.8) is 0 Å². The minimum atomic E-state index is -3.88. The van der Waals surface area contributed by atoms with Gasteiger partial charge in [-0.05, 0) is 322 Å². The number of sulfonamides is 3. The number of aromatic hydroxyl groups is 2. The van der Waals surface area contributed by atoms with Gasteiger partial charge in [-0.1, -0.05) is 177 Å². The average Bonchev–Trinajstić information content (AvgIpc) is 1.70. The highest BCUT2D eigenvalue weighted by molar-refractivity contribution is 8.13. The largest absolute Gasteiger partial charge is 0.507 e. The third-order valence-electron chi connectivity index (χ3n) is 27.9. The third kappa shape index (κ3) is 32.6. The Bertz CT molecular complexity index is 6760. The Kier molecular flexibility index (Phi) is 41.1. The van der Waals surface area contributed by atoms with Crippen LogP contribution in [0.1, 0.15) is 293 Å². The molecule has 8 aliphatic heterocycles.